The molecule has 37 heteroatoms. The zero-order valence-electron chi connectivity index (χ0n) is 71.1. The van der Waals surface area contributed by atoms with Gasteiger partial charge in [0.15, 0.2) is 0 Å². The third kappa shape index (κ3) is 54.3. The Kier molecular flexibility index (Phi) is 64.5. The number of fused-ring (bicyclic) bond motifs is 2. The summed E-state index contributed by atoms with van der Waals surface area (Å²) in [5.41, 5.74) is -0.543. The van der Waals surface area contributed by atoms with Crippen LogP contribution >= 0.6 is 0 Å². The molecule has 1 saturated heterocycles. The Morgan fingerprint density at radius 2 is 0.714 bits per heavy atom. The van der Waals surface area contributed by atoms with Gasteiger partial charge in [-0.05, 0) is 57.6 Å². The molecular weight excluding hydrogens is 1580 g/mol. The predicted molar refractivity (Wildman–Crippen MR) is 429 cm³/mol. The number of hydrogen-bond donors (Lipinski definition) is 0. The third-order valence-electron chi connectivity index (χ3n) is 17.7. The van der Waals surface area contributed by atoms with E-state index in [2.05, 4.69) is 11.0 Å². The average molecular weight is 1720 g/mol. The summed E-state index contributed by atoms with van der Waals surface area (Å²) in [6.45, 7) is 28.6. The number of carbonyl (C=O) groups excluding carboxylic acids is 4. The molecule has 1 fully saturated rings. The first-order chi connectivity index (χ1) is 58.2. The summed E-state index contributed by atoms with van der Waals surface area (Å²) >= 11 is 0. The van der Waals surface area contributed by atoms with E-state index in [-0.39, 0.29) is 49.2 Å². The SMILES string of the molecule is CCC1=CC(C)(C)N(CCCCCC(=O)N(CCCCCC(=O)ON2C(=O)CCC2=O)CCOCCOCCOCCOCCOCCOCCOCCOCCOCCOCCOCCOCCOCCOCCOCCOCCOCCOCCOCCOCCOCCOCCOCCOC)c2cc3oc(=O)cc(C(F)(F)F)c3cc21. The first-order valence-electron chi connectivity index (χ1n) is 42.0. The number of ether oxygens (including phenoxy) is 24. The number of carbonyl (C=O) groups is 4. The van der Waals surface area contributed by atoms with Crippen molar-refractivity contribution in [2.24, 2.45) is 0 Å². The molecule has 2 aliphatic rings. The van der Waals surface area contributed by atoms with Crippen molar-refractivity contribution in [2.75, 3.05) is 342 Å². The lowest BCUT2D eigenvalue weighted by molar-refractivity contribution is -0.197. The van der Waals surface area contributed by atoms with Crippen molar-refractivity contribution in [1.82, 2.24) is 9.96 Å². The number of hydroxylamine groups is 2. The fourth-order valence-electron chi connectivity index (χ4n) is 11.6. The highest BCUT2D eigenvalue weighted by atomic mass is 19.4. The zero-order valence-corrected chi connectivity index (χ0v) is 71.1. The monoisotopic (exact) mass is 1720 g/mol. The molecule has 4 rings (SSSR count). The Morgan fingerprint density at radius 3 is 1.03 bits per heavy atom. The van der Waals surface area contributed by atoms with Gasteiger partial charge in [-0.25, -0.2) is 9.59 Å². The maximum atomic E-state index is 14.1. The number of benzene rings is 1. The van der Waals surface area contributed by atoms with Crippen LogP contribution in [-0.4, -0.2) is 376 Å². The van der Waals surface area contributed by atoms with Gasteiger partial charge < -0.3 is 133 Å². The summed E-state index contributed by atoms with van der Waals surface area (Å²) in [4.78, 5) is 70.9. The van der Waals surface area contributed by atoms with Gasteiger partial charge in [0.1, 0.15) is 5.58 Å². The summed E-state index contributed by atoms with van der Waals surface area (Å²) < 4.78 is 180. The molecule has 0 radical (unpaired) electrons. The number of rotatable bonds is 86. The molecule has 1 aromatic carbocycles. The lowest BCUT2D eigenvalue weighted by atomic mass is 9.85. The van der Waals surface area contributed by atoms with E-state index in [9.17, 15) is 37.1 Å². The van der Waals surface area contributed by atoms with Gasteiger partial charge in [-0.1, -0.05) is 25.8 Å². The van der Waals surface area contributed by atoms with Crippen LogP contribution in [0.15, 0.2) is 33.5 Å². The van der Waals surface area contributed by atoms with Crippen molar-refractivity contribution in [3.8, 4) is 0 Å². The first kappa shape index (κ1) is 106. The highest BCUT2D eigenvalue weighted by Gasteiger charge is 2.37. The minimum absolute atomic E-state index is 0.00201. The second kappa shape index (κ2) is 72.2. The topological polar surface area (TPSA) is 339 Å². The van der Waals surface area contributed by atoms with Gasteiger partial charge in [-0.15, -0.1) is 5.06 Å². The molecule has 0 spiro atoms. The van der Waals surface area contributed by atoms with E-state index in [0.717, 1.165) is 5.57 Å². The molecule has 688 valence electrons. The lowest BCUT2D eigenvalue weighted by Crippen LogP contribution is -2.45. The van der Waals surface area contributed by atoms with Gasteiger partial charge in [-0.2, -0.15) is 13.2 Å². The number of hydrogen-bond acceptors (Lipinski definition) is 32. The molecule has 0 bridgehead atoms. The molecule has 2 aliphatic heterocycles. The molecule has 0 N–H and O–H groups in total. The predicted octanol–water partition coefficient (Wildman–Crippen LogP) is 6.79. The van der Waals surface area contributed by atoms with E-state index in [4.69, 9.17) is 123 Å². The smallest absolute Gasteiger partial charge is 0.417 e. The van der Waals surface area contributed by atoms with Crippen LogP contribution in [0, 0.1) is 0 Å². The van der Waals surface area contributed by atoms with Gasteiger partial charge in [0.05, 0.1) is 322 Å². The fraction of sp³-hybridized carbons (Fsp3) is 0.817. The van der Waals surface area contributed by atoms with Crippen LogP contribution in [0.4, 0.5) is 18.9 Å². The van der Waals surface area contributed by atoms with Crippen LogP contribution in [0.3, 0.4) is 0 Å². The van der Waals surface area contributed by atoms with Crippen molar-refractivity contribution >= 4 is 45.9 Å². The zero-order chi connectivity index (χ0) is 85.4. The Morgan fingerprint density at radius 1 is 0.403 bits per heavy atom. The number of nitrogens with zero attached hydrogens (tertiary/aromatic N) is 3. The van der Waals surface area contributed by atoms with Crippen molar-refractivity contribution < 1.29 is 155 Å². The second-order valence-electron chi connectivity index (χ2n) is 27.3. The van der Waals surface area contributed by atoms with Crippen LogP contribution in [0.2, 0.25) is 0 Å². The molecule has 119 heavy (non-hydrogen) atoms. The summed E-state index contributed by atoms with van der Waals surface area (Å²) in [6.07, 6.45) is 1.71. The number of unbranched alkanes of at least 4 members (excludes halogenated alkanes) is 4. The van der Waals surface area contributed by atoms with Gasteiger partial charge in [0, 0.05) is 81.2 Å². The average Bonchev–Trinajstić information content (AvgIpc) is 1.70. The minimum Gasteiger partial charge on any atom is -0.423 e. The summed E-state index contributed by atoms with van der Waals surface area (Å²) in [5.74, 6) is -1.83. The highest BCUT2D eigenvalue weighted by molar-refractivity contribution is 6.01. The summed E-state index contributed by atoms with van der Waals surface area (Å²) in [6, 6.07) is 3.50. The van der Waals surface area contributed by atoms with Crippen LogP contribution in [0.1, 0.15) is 103 Å². The van der Waals surface area contributed by atoms with Crippen molar-refractivity contribution in [1.29, 1.82) is 0 Å². The quantitative estimate of drug-likeness (QED) is 0.0374. The summed E-state index contributed by atoms with van der Waals surface area (Å²) in [5, 5.41) is 0.358. The molecular formula is C82H138F3N3O31. The Hall–Kier alpha value is -5.12. The molecule has 3 heterocycles. The Labute approximate surface area is 699 Å². The normalized spacial score (nSPS) is 13.6. The van der Waals surface area contributed by atoms with E-state index >= 15 is 0 Å². The first-order valence-corrected chi connectivity index (χ1v) is 42.0. The van der Waals surface area contributed by atoms with Gasteiger partial charge in [0.2, 0.25) is 5.91 Å². The van der Waals surface area contributed by atoms with Crippen molar-refractivity contribution in [2.45, 2.75) is 103 Å². The fourth-order valence-corrected chi connectivity index (χ4v) is 11.6. The number of methoxy groups -OCH3 is 1. The lowest BCUT2D eigenvalue weighted by Gasteiger charge is -2.44. The van der Waals surface area contributed by atoms with Crippen LogP contribution in [0.5, 0.6) is 0 Å². The maximum absolute atomic E-state index is 14.1. The van der Waals surface area contributed by atoms with E-state index in [0.29, 0.717) is 391 Å². The van der Waals surface area contributed by atoms with E-state index in [1.165, 1.54) is 12.1 Å². The largest absolute Gasteiger partial charge is 0.423 e. The molecule has 0 aliphatic carbocycles. The Balaban J connectivity index is 0.826. The van der Waals surface area contributed by atoms with E-state index in [1.54, 1.807) is 12.0 Å². The maximum Gasteiger partial charge on any atom is 0.417 e. The van der Waals surface area contributed by atoms with E-state index in [1.807, 2.05) is 20.8 Å². The van der Waals surface area contributed by atoms with Crippen LogP contribution < -0.4 is 10.5 Å². The number of imide groups is 1. The minimum atomic E-state index is -4.75. The van der Waals surface area contributed by atoms with Crippen LogP contribution in [0.25, 0.3) is 16.5 Å². The second-order valence-corrected chi connectivity index (χ2v) is 27.3. The highest BCUT2D eigenvalue weighted by Crippen LogP contribution is 2.44. The standard InChI is InChI=1S/C82H138F3N3O31/c1-5-70-69-81(2,3)87(74-68-75-72(66-71(70)74)73(82(83,84)85)67-80(93)118-75)17-11-6-8-12-76(89)86(16-10-7-9-13-79(92)119-88-77(90)14-15-78(88)91)18-19-95-22-23-97-26-27-99-30-31-101-34-35-103-38-39-105-42-43-107-46-47-109-50-51-111-54-55-113-58-59-115-62-63-117-65-64-116-61-60-114-57-56-112-53-52-110-49-48-108-45-44-106-41-40-104-37-36-102-33-32-100-29-28-98-25-24-96-21-20-94-4/h66-69H,5-65H2,1-4H3. The third-order valence-corrected chi connectivity index (χ3v) is 17.7. The summed E-state index contributed by atoms with van der Waals surface area (Å²) in [7, 11) is 1.64. The Bertz CT molecular complexity index is 2930. The molecule has 0 unspecified atom stereocenters. The number of anilines is 1. The molecule has 1 aromatic heterocycles. The number of amides is 3. The molecule has 34 nitrogen and oxygen atoms in total. The molecule has 2 aromatic rings. The van der Waals surface area contributed by atoms with E-state index < -0.39 is 40.7 Å². The van der Waals surface area contributed by atoms with Gasteiger partial charge in [0.25, 0.3) is 11.8 Å². The molecule has 0 saturated carbocycles. The molecule has 0 atom stereocenters. The van der Waals surface area contributed by atoms with Gasteiger partial charge in [-0.3, -0.25) is 14.4 Å². The number of allylic oxidation sites excluding steroid dienone is 1. The number of alkyl halides is 3. The van der Waals surface area contributed by atoms with Crippen molar-refractivity contribution in [3.63, 3.8) is 0 Å². The van der Waals surface area contributed by atoms with Crippen molar-refractivity contribution in [3.05, 3.63) is 45.8 Å². The van der Waals surface area contributed by atoms with Gasteiger partial charge >= 0.3 is 17.8 Å². The van der Waals surface area contributed by atoms with Crippen LogP contribution in [-0.2, 0) is 144 Å². The number of halogens is 3. The molecule has 3 amide bonds.